The highest BCUT2D eigenvalue weighted by molar-refractivity contribution is 6.42. The highest BCUT2D eigenvalue weighted by Crippen LogP contribution is 2.31. The maximum Gasteiger partial charge on any atom is 0.258 e. The van der Waals surface area contributed by atoms with E-state index in [4.69, 9.17) is 33.7 Å². The highest BCUT2D eigenvalue weighted by atomic mass is 35.5. The van der Waals surface area contributed by atoms with Gasteiger partial charge < -0.3 is 15.8 Å². The fourth-order valence-electron chi connectivity index (χ4n) is 2.94. The van der Waals surface area contributed by atoms with Crippen molar-refractivity contribution >= 4 is 34.8 Å². The van der Waals surface area contributed by atoms with Gasteiger partial charge in [-0.15, -0.1) is 0 Å². The van der Waals surface area contributed by atoms with Crippen LogP contribution in [0.2, 0.25) is 10.0 Å². The standard InChI is InChI=1S/C18H18Cl2N2O2/c19-15-7-5-13(9-16(15)20)24-10-18(23)22-17-3-1-2-11-8-12(21)4-6-14(11)17/h4-9,17H,1-3,10,21H2,(H,22,23). The molecule has 0 radical (unpaired) electrons. The number of ether oxygens (including phenoxy) is 1. The Morgan fingerprint density at radius 3 is 2.83 bits per heavy atom. The highest BCUT2D eigenvalue weighted by Gasteiger charge is 2.22. The van der Waals surface area contributed by atoms with E-state index in [9.17, 15) is 4.79 Å². The Morgan fingerprint density at radius 1 is 1.21 bits per heavy atom. The maximum atomic E-state index is 12.2. The smallest absolute Gasteiger partial charge is 0.258 e. The van der Waals surface area contributed by atoms with Crippen molar-refractivity contribution in [1.29, 1.82) is 0 Å². The van der Waals surface area contributed by atoms with E-state index in [1.54, 1.807) is 18.2 Å². The monoisotopic (exact) mass is 364 g/mol. The Morgan fingerprint density at radius 2 is 2.04 bits per heavy atom. The number of carbonyl (C=O) groups is 1. The van der Waals surface area contributed by atoms with Gasteiger partial charge in [0.05, 0.1) is 16.1 Å². The molecule has 0 aromatic heterocycles. The zero-order valence-corrected chi connectivity index (χ0v) is 14.5. The first kappa shape index (κ1) is 16.9. The third kappa shape index (κ3) is 3.94. The third-order valence-corrected chi connectivity index (χ3v) is 4.82. The molecular formula is C18H18Cl2N2O2. The number of nitrogen functional groups attached to an aromatic ring is 1. The molecule has 0 saturated carbocycles. The first-order valence-electron chi connectivity index (χ1n) is 7.78. The number of nitrogens with two attached hydrogens (primary N) is 1. The minimum absolute atomic E-state index is 0.000689. The SMILES string of the molecule is Nc1ccc2c(c1)CCCC2NC(=O)COc1ccc(Cl)c(Cl)c1. The molecule has 0 saturated heterocycles. The number of anilines is 1. The predicted molar refractivity (Wildman–Crippen MR) is 96.6 cm³/mol. The number of hydrogen-bond donors (Lipinski definition) is 2. The molecule has 0 bridgehead atoms. The van der Waals surface area contributed by atoms with Gasteiger partial charge in [-0.3, -0.25) is 4.79 Å². The summed E-state index contributed by atoms with van der Waals surface area (Å²) >= 11 is 11.8. The molecule has 0 aliphatic heterocycles. The number of aryl methyl sites for hydroxylation is 1. The van der Waals surface area contributed by atoms with E-state index in [0.29, 0.717) is 15.8 Å². The second-order valence-corrected chi connectivity index (χ2v) is 6.65. The second-order valence-electron chi connectivity index (χ2n) is 5.84. The van der Waals surface area contributed by atoms with Crippen LogP contribution in [-0.2, 0) is 11.2 Å². The zero-order valence-electron chi connectivity index (χ0n) is 13.0. The number of nitrogens with one attached hydrogen (secondary N) is 1. The van der Waals surface area contributed by atoms with E-state index < -0.39 is 0 Å². The number of benzene rings is 2. The van der Waals surface area contributed by atoms with Crippen molar-refractivity contribution in [2.75, 3.05) is 12.3 Å². The summed E-state index contributed by atoms with van der Waals surface area (Å²) in [5.41, 5.74) is 8.93. The van der Waals surface area contributed by atoms with Gasteiger partial charge in [-0.2, -0.15) is 0 Å². The van der Waals surface area contributed by atoms with E-state index in [0.717, 1.165) is 30.5 Å². The van der Waals surface area contributed by atoms with Crippen LogP contribution in [0, 0.1) is 0 Å². The largest absolute Gasteiger partial charge is 0.484 e. The van der Waals surface area contributed by atoms with Gasteiger partial charge in [0.25, 0.3) is 5.91 Å². The van der Waals surface area contributed by atoms with E-state index in [-0.39, 0.29) is 18.6 Å². The van der Waals surface area contributed by atoms with Crippen LogP contribution in [0.5, 0.6) is 5.75 Å². The van der Waals surface area contributed by atoms with Gasteiger partial charge in [0.2, 0.25) is 0 Å². The lowest BCUT2D eigenvalue weighted by Gasteiger charge is -2.26. The van der Waals surface area contributed by atoms with Crippen molar-refractivity contribution in [3.8, 4) is 5.75 Å². The van der Waals surface area contributed by atoms with E-state index in [1.807, 2.05) is 18.2 Å². The van der Waals surface area contributed by atoms with Crippen LogP contribution in [0.3, 0.4) is 0 Å². The molecule has 1 amide bonds. The molecule has 1 aliphatic rings. The van der Waals surface area contributed by atoms with Crippen LogP contribution in [-0.4, -0.2) is 12.5 Å². The number of rotatable bonds is 4. The van der Waals surface area contributed by atoms with E-state index in [2.05, 4.69) is 5.32 Å². The fraction of sp³-hybridized carbons (Fsp3) is 0.278. The molecule has 1 aliphatic carbocycles. The first-order chi connectivity index (χ1) is 11.5. The molecule has 126 valence electrons. The summed E-state index contributed by atoms with van der Waals surface area (Å²) in [5, 5.41) is 3.87. The van der Waals surface area contributed by atoms with Crippen LogP contribution in [0.25, 0.3) is 0 Å². The van der Waals surface area contributed by atoms with Crippen LogP contribution in [0.4, 0.5) is 5.69 Å². The summed E-state index contributed by atoms with van der Waals surface area (Å²) < 4.78 is 5.48. The average molecular weight is 365 g/mol. The predicted octanol–water partition coefficient (Wildman–Crippen LogP) is 4.15. The molecule has 2 aromatic carbocycles. The second kappa shape index (κ2) is 7.32. The lowest BCUT2D eigenvalue weighted by Crippen LogP contribution is -2.34. The van der Waals surface area contributed by atoms with Crippen molar-refractivity contribution in [3.63, 3.8) is 0 Å². The summed E-state index contributed by atoms with van der Waals surface area (Å²) in [7, 11) is 0. The van der Waals surface area contributed by atoms with Gasteiger partial charge >= 0.3 is 0 Å². The summed E-state index contributed by atoms with van der Waals surface area (Å²) in [5.74, 6) is 0.340. The van der Waals surface area contributed by atoms with Gasteiger partial charge in [-0.25, -0.2) is 0 Å². The number of fused-ring (bicyclic) bond motifs is 1. The van der Waals surface area contributed by atoms with Crippen molar-refractivity contribution < 1.29 is 9.53 Å². The molecular weight excluding hydrogens is 347 g/mol. The lowest BCUT2D eigenvalue weighted by molar-refractivity contribution is -0.123. The van der Waals surface area contributed by atoms with Crippen LogP contribution < -0.4 is 15.8 Å². The van der Waals surface area contributed by atoms with E-state index in [1.165, 1.54) is 5.56 Å². The lowest BCUT2D eigenvalue weighted by atomic mass is 9.87. The number of carbonyl (C=O) groups excluding carboxylic acids is 1. The van der Waals surface area contributed by atoms with Gasteiger partial charge in [0.1, 0.15) is 5.75 Å². The zero-order chi connectivity index (χ0) is 17.1. The summed E-state index contributed by atoms with van der Waals surface area (Å²) in [4.78, 5) is 12.2. The molecule has 0 heterocycles. The van der Waals surface area contributed by atoms with Gasteiger partial charge in [0.15, 0.2) is 6.61 Å². The van der Waals surface area contributed by atoms with Crippen molar-refractivity contribution in [2.45, 2.75) is 25.3 Å². The number of halogens is 2. The van der Waals surface area contributed by atoms with Crippen LogP contribution in [0.15, 0.2) is 36.4 Å². The molecule has 4 nitrogen and oxygen atoms in total. The quantitative estimate of drug-likeness (QED) is 0.800. The Hall–Kier alpha value is -1.91. The topological polar surface area (TPSA) is 64.3 Å². The van der Waals surface area contributed by atoms with Gasteiger partial charge in [-0.05, 0) is 54.7 Å². The first-order valence-corrected chi connectivity index (χ1v) is 8.54. The van der Waals surface area contributed by atoms with E-state index >= 15 is 0 Å². The van der Waals surface area contributed by atoms with Crippen molar-refractivity contribution in [3.05, 3.63) is 57.6 Å². The summed E-state index contributed by atoms with van der Waals surface area (Å²) in [6.07, 6.45) is 2.93. The average Bonchev–Trinajstić information content (AvgIpc) is 2.56. The molecule has 6 heteroatoms. The molecule has 1 unspecified atom stereocenters. The molecule has 1 atom stereocenters. The number of hydrogen-bond acceptors (Lipinski definition) is 3. The molecule has 0 fully saturated rings. The Bertz CT molecular complexity index is 765. The summed E-state index contributed by atoms with van der Waals surface area (Å²) in [6.45, 7) is -0.0707. The minimum atomic E-state index is -0.171. The Kier molecular flexibility index (Phi) is 5.17. The fourth-order valence-corrected chi connectivity index (χ4v) is 3.22. The molecule has 24 heavy (non-hydrogen) atoms. The van der Waals surface area contributed by atoms with Crippen molar-refractivity contribution in [1.82, 2.24) is 5.32 Å². The molecule has 0 spiro atoms. The third-order valence-electron chi connectivity index (χ3n) is 4.08. The van der Waals surface area contributed by atoms with Crippen LogP contribution >= 0.6 is 23.2 Å². The number of amides is 1. The Labute approximate surface area is 150 Å². The maximum absolute atomic E-state index is 12.2. The molecule has 2 aromatic rings. The molecule has 3 N–H and O–H groups in total. The Balaban J connectivity index is 1.60. The minimum Gasteiger partial charge on any atom is -0.484 e. The van der Waals surface area contributed by atoms with Gasteiger partial charge in [0, 0.05) is 11.8 Å². The normalized spacial score (nSPS) is 16.3. The van der Waals surface area contributed by atoms with Crippen LogP contribution in [0.1, 0.15) is 30.0 Å². The molecule has 3 rings (SSSR count). The van der Waals surface area contributed by atoms with Crippen molar-refractivity contribution in [2.24, 2.45) is 0 Å². The summed E-state index contributed by atoms with van der Waals surface area (Å²) in [6, 6.07) is 10.8. The van der Waals surface area contributed by atoms with Gasteiger partial charge in [-0.1, -0.05) is 29.3 Å².